The number of nitrogens with zero attached hydrogens (tertiary/aromatic N) is 2. The molecule has 0 saturated carbocycles. The summed E-state index contributed by atoms with van der Waals surface area (Å²) in [5.41, 5.74) is 2.85. The van der Waals surface area contributed by atoms with Crippen LogP contribution in [0.4, 0.5) is 0 Å². The zero-order chi connectivity index (χ0) is 26.6. The van der Waals surface area contributed by atoms with E-state index in [-0.39, 0.29) is 41.7 Å². The van der Waals surface area contributed by atoms with E-state index in [4.69, 9.17) is 14.5 Å². The third-order valence-corrected chi connectivity index (χ3v) is 6.03. The normalized spacial score (nSPS) is 16.9. The fourth-order valence-corrected chi connectivity index (χ4v) is 4.32. The lowest BCUT2D eigenvalue weighted by Gasteiger charge is -2.33. The number of esters is 1. The van der Waals surface area contributed by atoms with Crippen molar-refractivity contribution in [3.8, 4) is 5.75 Å². The third kappa shape index (κ3) is 6.96. The highest BCUT2D eigenvalue weighted by Crippen LogP contribution is 2.36. The Morgan fingerprint density at radius 1 is 0.972 bits per heavy atom. The second-order valence-electron chi connectivity index (χ2n) is 11.2. The fraction of sp³-hybridized carbons (Fsp3) is 0.500. The number of rotatable bonds is 9. The van der Waals surface area contributed by atoms with E-state index in [1.807, 2.05) is 75.9 Å². The van der Waals surface area contributed by atoms with Gasteiger partial charge >= 0.3 is 5.97 Å². The second kappa shape index (κ2) is 11.3. The van der Waals surface area contributed by atoms with Crippen LogP contribution in [-0.2, 0) is 9.53 Å². The van der Waals surface area contributed by atoms with Gasteiger partial charge in [0.1, 0.15) is 17.6 Å². The topological polar surface area (TPSA) is 68.2 Å². The minimum Gasteiger partial charge on any atom is -0.491 e. The largest absolute Gasteiger partial charge is 0.491 e. The number of amides is 1. The van der Waals surface area contributed by atoms with Gasteiger partial charge in [0.25, 0.3) is 5.91 Å². The molecule has 2 atom stereocenters. The van der Waals surface area contributed by atoms with Crippen LogP contribution in [0.1, 0.15) is 95.8 Å². The first kappa shape index (κ1) is 27.4. The Kier molecular flexibility index (Phi) is 8.59. The van der Waals surface area contributed by atoms with Gasteiger partial charge in [-0.15, -0.1) is 0 Å². The molecule has 0 saturated heterocycles. The van der Waals surface area contributed by atoms with Crippen molar-refractivity contribution in [3.63, 3.8) is 0 Å². The second-order valence-corrected chi connectivity index (χ2v) is 11.2. The molecule has 6 heteroatoms. The molecule has 1 aliphatic rings. The Hall–Kier alpha value is -3.15. The zero-order valence-corrected chi connectivity index (χ0v) is 22.9. The van der Waals surface area contributed by atoms with Crippen molar-refractivity contribution >= 4 is 17.6 Å². The van der Waals surface area contributed by atoms with Crippen LogP contribution in [0.3, 0.4) is 0 Å². The van der Waals surface area contributed by atoms with Crippen molar-refractivity contribution in [2.75, 3.05) is 0 Å². The van der Waals surface area contributed by atoms with Crippen LogP contribution in [0.25, 0.3) is 0 Å². The van der Waals surface area contributed by atoms with Crippen molar-refractivity contribution < 1.29 is 19.1 Å². The maximum atomic E-state index is 13.7. The molecular formula is C30H40N2O4. The van der Waals surface area contributed by atoms with Gasteiger partial charge in [0.05, 0.1) is 23.8 Å². The lowest BCUT2D eigenvalue weighted by Crippen LogP contribution is -2.38. The molecule has 2 aromatic carbocycles. The van der Waals surface area contributed by atoms with E-state index in [0.29, 0.717) is 11.3 Å². The van der Waals surface area contributed by atoms with Gasteiger partial charge in [-0.2, -0.15) is 0 Å². The molecule has 0 bridgehead atoms. The number of aliphatic imine (C=N–C) groups is 1. The summed E-state index contributed by atoms with van der Waals surface area (Å²) in [7, 11) is 0. The number of carbonyl (C=O) groups is 2. The van der Waals surface area contributed by atoms with Gasteiger partial charge in [0, 0.05) is 5.56 Å². The zero-order valence-electron chi connectivity index (χ0n) is 22.9. The van der Waals surface area contributed by atoms with Crippen molar-refractivity contribution in [2.24, 2.45) is 10.4 Å². The van der Waals surface area contributed by atoms with E-state index in [1.165, 1.54) is 0 Å². The lowest BCUT2D eigenvalue weighted by molar-refractivity contribution is -0.127. The van der Waals surface area contributed by atoms with Crippen LogP contribution in [0.15, 0.2) is 53.5 Å². The van der Waals surface area contributed by atoms with E-state index in [2.05, 4.69) is 20.8 Å². The number of hydrogen-bond acceptors (Lipinski definition) is 5. The molecule has 36 heavy (non-hydrogen) atoms. The Labute approximate surface area is 215 Å². The van der Waals surface area contributed by atoms with Gasteiger partial charge in [-0.25, -0.2) is 4.79 Å². The first-order chi connectivity index (χ1) is 16.9. The van der Waals surface area contributed by atoms with Crippen LogP contribution in [0, 0.1) is 5.41 Å². The van der Waals surface area contributed by atoms with Gasteiger partial charge in [-0.1, -0.05) is 32.9 Å². The van der Waals surface area contributed by atoms with Crippen LogP contribution in [0.5, 0.6) is 5.75 Å². The lowest BCUT2D eigenvalue weighted by atomic mass is 9.86. The monoisotopic (exact) mass is 492 g/mol. The summed E-state index contributed by atoms with van der Waals surface area (Å²) >= 11 is 0. The SMILES string of the molecule is CC(C)OC(=O)c1ccc([C@@H](CCC(C)(C)C)N2C(=O)C(c3ccc(OC(C)C)cc3)=NC2C)cc1. The molecule has 0 aliphatic carbocycles. The van der Waals surface area contributed by atoms with Crippen molar-refractivity contribution in [3.05, 3.63) is 65.2 Å². The Morgan fingerprint density at radius 2 is 1.58 bits per heavy atom. The first-order valence-corrected chi connectivity index (χ1v) is 12.8. The minimum absolute atomic E-state index is 0.0813. The molecule has 0 aromatic heterocycles. The molecule has 0 N–H and O–H groups in total. The molecule has 3 rings (SSSR count). The molecule has 0 fully saturated rings. The van der Waals surface area contributed by atoms with Crippen molar-refractivity contribution in [1.29, 1.82) is 0 Å². The Bertz CT molecular complexity index is 1080. The van der Waals surface area contributed by atoms with E-state index >= 15 is 0 Å². The van der Waals surface area contributed by atoms with Gasteiger partial charge in [-0.05, 0) is 94.8 Å². The van der Waals surface area contributed by atoms with E-state index in [1.54, 1.807) is 12.1 Å². The van der Waals surface area contributed by atoms with Crippen LogP contribution in [-0.4, -0.2) is 40.9 Å². The van der Waals surface area contributed by atoms with Gasteiger partial charge in [0.2, 0.25) is 0 Å². The molecule has 1 aliphatic heterocycles. The molecule has 1 unspecified atom stereocenters. The Morgan fingerprint density at radius 3 is 2.11 bits per heavy atom. The van der Waals surface area contributed by atoms with Crippen LogP contribution in [0.2, 0.25) is 0 Å². The highest BCUT2D eigenvalue weighted by atomic mass is 16.5. The fourth-order valence-electron chi connectivity index (χ4n) is 4.32. The highest BCUT2D eigenvalue weighted by molar-refractivity contribution is 6.46. The predicted molar refractivity (Wildman–Crippen MR) is 143 cm³/mol. The standard InChI is InChI=1S/C30H40N2O4/c1-19(2)35-25-15-13-23(14-16-25)27-28(33)32(21(5)31-27)26(17-18-30(6,7)8)22-9-11-24(12-10-22)29(34)36-20(3)4/h9-16,19-21,26H,17-18H2,1-8H3/t21?,26-/m1/s1. The van der Waals surface area contributed by atoms with E-state index in [9.17, 15) is 9.59 Å². The van der Waals surface area contributed by atoms with E-state index in [0.717, 1.165) is 29.7 Å². The number of ether oxygens (including phenoxy) is 2. The van der Waals surface area contributed by atoms with Crippen molar-refractivity contribution in [2.45, 2.75) is 92.6 Å². The summed E-state index contributed by atoms with van der Waals surface area (Å²) in [6, 6.07) is 14.8. The minimum atomic E-state index is -0.344. The van der Waals surface area contributed by atoms with Gasteiger partial charge in [-0.3, -0.25) is 9.79 Å². The van der Waals surface area contributed by atoms with Crippen LogP contribution < -0.4 is 4.74 Å². The summed E-state index contributed by atoms with van der Waals surface area (Å²) < 4.78 is 11.1. The molecule has 0 radical (unpaired) electrons. The quantitative estimate of drug-likeness (QED) is 0.371. The summed E-state index contributed by atoms with van der Waals surface area (Å²) in [4.78, 5) is 32.7. The molecule has 0 spiro atoms. The van der Waals surface area contributed by atoms with Gasteiger partial charge < -0.3 is 14.4 Å². The number of hydrogen-bond donors (Lipinski definition) is 0. The average molecular weight is 493 g/mol. The van der Waals surface area contributed by atoms with Crippen molar-refractivity contribution in [1.82, 2.24) is 4.90 Å². The predicted octanol–water partition coefficient (Wildman–Crippen LogP) is 6.58. The smallest absolute Gasteiger partial charge is 0.338 e. The number of carbonyl (C=O) groups excluding carboxylic acids is 2. The van der Waals surface area contributed by atoms with Crippen LogP contribution >= 0.6 is 0 Å². The highest BCUT2D eigenvalue weighted by Gasteiger charge is 2.38. The molecule has 6 nitrogen and oxygen atoms in total. The molecule has 1 amide bonds. The maximum absolute atomic E-state index is 13.7. The number of benzene rings is 2. The first-order valence-electron chi connectivity index (χ1n) is 12.8. The molecule has 194 valence electrons. The summed E-state index contributed by atoms with van der Waals surface area (Å²) in [6.45, 7) is 16.2. The molecule has 1 heterocycles. The summed E-state index contributed by atoms with van der Waals surface area (Å²) in [6.07, 6.45) is 1.33. The molecular weight excluding hydrogens is 452 g/mol. The third-order valence-electron chi connectivity index (χ3n) is 6.03. The Balaban J connectivity index is 1.87. The maximum Gasteiger partial charge on any atom is 0.338 e. The van der Waals surface area contributed by atoms with Gasteiger partial charge in [0.15, 0.2) is 0 Å². The summed E-state index contributed by atoms with van der Waals surface area (Å²) in [5.74, 6) is 0.343. The average Bonchev–Trinajstić information content (AvgIpc) is 3.07. The summed E-state index contributed by atoms with van der Waals surface area (Å²) in [5, 5.41) is 0. The molecule has 2 aromatic rings. The van der Waals surface area contributed by atoms with E-state index < -0.39 is 0 Å².